The molecule has 1 aromatic rings. The number of carbonyl (C=O) groups excluding carboxylic acids is 3. The molecule has 2 rings (SSSR count). The Morgan fingerprint density at radius 2 is 1.59 bits per heavy atom. The van der Waals surface area contributed by atoms with Crippen LogP contribution in [-0.4, -0.2) is 65.7 Å². The summed E-state index contributed by atoms with van der Waals surface area (Å²) in [6, 6.07) is 5.42. The number of carbonyl (C=O) groups is 4. The smallest absolute Gasteiger partial charge is 0.290 e. The van der Waals surface area contributed by atoms with Gasteiger partial charge in [0, 0.05) is 0 Å². The molecule has 1 aliphatic rings. The highest BCUT2D eigenvalue weighted by molar-refractivity contribution is 5.93. The van der Waals surface area contributed by atoms with E-state index in [0.29, 0.717) is 0 Å². The first-order valence-electron chi connectivity index (χ1n) is 11.5. The van der Waals surface area contributed by atoms with E-state index in [2.05, 4.69) is 27.3 Å². The van der Waals surface area contributed by atoms with Gasteiger partial charge in [-0.15, -0.1) is 0 Å². The van der Waals surface area contributed by atoms with Gasteiger partial charge in [0.25, 0.3) is 6.47 Å². The van der Waals surface area contributed by atoms with Crippen LogP contribution in [0, 0.1) is 5.92 Å². The molecule has 10 nitrogen and oxygen atoms in total. The van der Waals surface area contributed by atoms with Crippen molar-refractivity contribution in [1.29, 1.82) is 0 Å². The number of benzene rings is 1. The van der Waals surface area contributed by atoms with Gasteiger partial charge in [0.1, 0.15) is 12.1 Å². The van der Waals surface area contributed by atoms with Crippen molar-refractivity contribution in [3.8, 4) is 0 Å². The molecule has 3 amide bonds. The Labute approximate surface area is 200 Å². The molecule has 10 heteroatoms. The van der Waals surface area contributed by atoms with Crippen LogP contribution in [0.15, 0.2) is 24.3 Å². The fourth-order valence-corrected chi connectivity index (χ4v) is 3.76. The Balaban J connectivity index is 0.00000182. The zero-order chi connectivity index (χ0) is 25.8. The molecule has 0 saturated carbocycles. The average Bonchev–Trinajstić information content (AvgIpc) is 2.80. The molecule has 0 spiro atoms. The predicted molar refractivity (Wildman–Crippen MR) is 128 cm³/mol. The van der Waals surface area contributed by atoms with E-state index in [9.17, 15) is 19.5 Å². The molecule has 0 aliphatic heterocycles. The van der Waals surface area contributed by atoms with Crippen molar-refractivity contribution < 1.29 is 29.4 Å². The number of likely N-dealkylation sites (N-methyl/N-ethyl adjacent to an activating group) is 1. The average molecular weight is 479 g/mol. The number of aliphatic hydroxyl groups is 1. The summed E-state index contributed by atoms with van der Waals surface area (Å²) in [6.45, 7) is 6.53. The van der Waals surface area contributed by atoms with E-state index >= 15 is 0 Å². The first kappa shape index (κ1) is 29.1. The van der Waals surface area contributed by atoms with E-state index in [4.69, 9.17) is 9.90 Å². The predicted octanol–water partition coefficient (Wildman–Crippen LogP) is 0.495. The normalized spacial score (nSPS) is 18.1. The summed E-state index contributed by atoms with van der Waals surface area (Å²) in [7, 11) is 1.66. The van der Waals surface area contributed by atoms with Gasteiger partial charge in [0.05, 0.1) is 18.2 Å². The van der Waals surface area contributed by atoms with Crippen molar-refractivity contribution >= 4 is 24.2 Å². The quantitative estimate of drug-likeness (QED) is 0.282. The lowest BCUT2D eigenvalue weighted by atomic mass is 9.87. The Morgan fingerprint density at radius 3 is 2.15 bits per heavy atom. The van der Waals surface area contributed by atoms with Crippen LogP contribution in [0.25, 0.3) is 0 Å². The van der Waals surface area contributed by atoms with Gasteiger partial charge >= 0.3 is 0 Å². The standard InChI is InChI=1S/C23H36N4O4.CH2O2/c1-13(2)19(26-21(29)14(3)24-5)22(30)27-20(15(4)28)23(31)25-18-12-8-10-16-9-6-7-11-17(16)18;2-1-3/h6-7,9,11,13-15,18-20,24,28H,8,10,12H2,1-5H3,(H,25,31)(H,26,29)(H,27,30);1H,(H,2,3)/t14-,15?,18?,19-,20-;/m0./s1. The van der Waals surface area contributed by atoms with Crippen molar-refractivity contribution in [2.75, 3.05) is 7.05 Å². The fraction of sp³-hybridized carbons (Fsp3) is 0.583. The third-order valence-electron chi connectivity index (χ3n) is 5.82. The molecule has 0 radical (unpaired) electrons. The van der Waals surface area contributed by atoms with E-state index in [0.717, 1.165) is 24.8 Å². The van der Waals surface area contributed by atoms with Gasteiger partial charge in [-0.25, -0.2) is 0 Å². The lowest BCUT2D eigenvalue weighted by molar-refractivity contribution is -0.135. The maximum Gasteiger partial charge on any atom is 0.290 e. The van der Waals surface area contributed by atoms with E-state index in [-0.39, 0.29) is 24.3 Å². The number of hydrogen-bond acceptors (Lipinski definition) is 6. The molecular formula is C24H38N4O6. The minimum absolute atomic E-state index is 0.160. The second kappa shape index (κ2) is 14.3. The van der Waals surface area contributed by atoms with Crippen molar-refractivity contribution in [3.05, 3.63) is 35.4 Å². The van der Waals surface area contributed by atoms with Crippen LogP contribution in [0.3, 0.4) is 0 Å². The molecule has 0 fully saturated rings. The highest BCUT2D eigenvalue weighted by Crippen LogP contribution is 2.29. The summed E-state index contributed by atoms with van der Waals surface area (Å²) in [5.74, 6) is -1.46. The Bertz CT molecular complexity index is 829. The number of fused-ring (bicyclic) bond motifs is 1. The van der Waals surface area contributed by atoms with Gasteiger partial charge < -0.3 is 31.5 Å². The van der Waals surface area contributed by atoms with Gasteiger partial charge in [-0.3, -0.25) is 19.2 Å². The third kappa shape index (κ3) is 8.42. The van der Waals surface area contributed by atoms with Gasteiger partial charge in [-0.1, -0.05) is 38.1 Å². The Kier molecular flexibility index (Phi) is 12.2. The summed E-state index contributed by atoms with van der Waals surface area (Å²) in [5, 5.41) is 28.3. The highest BCUT2D eigenvalue weighted by Gasteiger charge is 2.33. The summed E-state index contributed by atoms with van der Waals surface area (Å²) < 4.78 is 0. The van der Waals surface area contributed by atoms with E-state index in [1.54, 1.807) is 14.0 Å². The van der Waals surface area contributed by atoms with Crippen molar-refractivity contribution in [2.45, 2.75) is 77.2 Å². The van der Waals surface area contributed by atoms with Crippen LogP contribution in [0.4, 0.5) is 0 Å². The van der Waals surface area contributed by atoms with Crippen molar-refractivity contribution in [1.82, 2.24) is 21.3 Å². The van der Waals surface area contributed by atoms with E-state index in [1.165, 1.54) is 12.5 Å². The largest absolute Gasteiger partial charge is 0.483 e. The monoisotopic (exact) mass is 478 g/mol. The molecule has 1 aliphatic carbocycles. The molecule has 6 N–H and O–H groups in total. The first-order valence-corrected chi connectivity index (χ1v) is 11.5. The zero-order valence-electron chi connectivity index (χ0n) is 20.5. The molecule has 2 unspecified atom stereocenters. The number of hydrogen-bond donors (Lipinski definition) is 6. The van der Waals surface area contributed by atoms with E-state index < -0.39 is 36.0 Å². The van der Waals surface area contributed by atoms with Crippen molar-refractivity contribution in [2.24, 2.45) is 5.92 Å². The second-order valence-corrected chi connectivity index (χ2v) is 8.73. The third-order valence-corrected chi connectivity index (χ3v) is 5.82. The molecule has 0 heterocycles. The fourth-order valence-electron chi connectivity index (χ4n) is 3.76. The molecule has 190 valence electrons. The maximum absolute atomic E-state index is 13.0. The maximum atomic E-state index is 13.0. The van der Waals surface area contributed by atoms with Gasteiger partial charge in [-0.2, -0.15) is 0 Å². The first-order chi connectivity index (χ1) is 16.1. The Hall–Kier alpha value is -2.98. The summed E-state index contributed by atoms with van der Waals surface area (Å²) in [5.41, 5.74) is 2.28. The molecule has 34 heavy (non-hydrogen) atoms. The molecule has 1 aromatic carbocycles. The summed E-state index contributed by atoms with van der Waals surface area (Å²) >= 11 is 0. The number of rotatable bonds is 9. The van der Waals surface area contributed by atoms with Gasteiger partial charge in [0.15, 0.2) is 0 Å². The highest BCUT2D eigenvalue weighted by atomic mass is 16.3. The Morgan fingerprint density at radius 1 is 1.00 bits per heavy atom. The minimum atomic E-state index is -1.12. The van der Waals surface area contributed by atoms with Crippen molar-refractivity contribution in [3.63, 3.8) is 0 Å². The van der Waals surface area contributed by atoms with Crippen LogP contribution < -0.4 is 21.3 Å². The number of aryl methyl sites for hydroxylation is 1. The lowest BCUT2D eigenvalue weighted by Crippen LogP contribution is -2.59. The van der Waals surface area contributed by atoms with E-state index in [1.807, 2.05) is 32.0 Å². The topological polar surface area (TPSA) is 157 Å². The number of nitrogens with one attached hydrogen (secondary N) is 4. The molecule has 0 saturated heterocycles. The SMILES string of the molecule is CN[C@@H](C)C(=O)N[C@H](C(=O)N[C@H](C(=O)NC1CCCc2ccccc21)C(C)O)C(C)C.O=CO. The molecule has 0 aromatic heterocycles. The molecule has 5 atom stereocenters. The molecule has 0 bridgehead atoms. The second-order valence-electron chi connectivity index (χ2n) is 8.73. The van der Waals surface area contributed by atoms with Crippen LogP contribution >= 0.6 is 0 Å². The number of aliphatic hydroxyl groups excluding tert-OH is 1. The van der Waals surface area contributed by atoms with Crippen LogP contribution in [0.1, 0.15) is 57.7 Å². The molecular weight excluding hydrogens is 440 g/mol. The number of carboxylic acid groups (broad SMARTS) is 1. The van der Waals surface area contributed by atoms with Gasteiger partial charge in [-0.05, 0) is 57.2 Å². The van der Waals surface area contributed by atoms with Crippen LogP contribution in [0.5, 0.6) is 0 Å². The summed E-state index contributed by atoms with van der Waals surface area (Å²) in [6.07, 6.45) is 1.64. The summed E-state index contributed by atoms with van der Waals surface area (Å²) in [4.78, 5) is 46.5. The van der Waals surface area contributed by atoms with Gasteiger partial charge in [0.2, 0.25) is 17.7 Å². The van der Waals surface area contributed by atoms with Crippen LogP contribution in [0.2, 0.25) is 0 Å². The van der Waals surface area contributed by atoms with Crippen LogP contribution in [-0.2, 0) is 25.6 Å². The minimum Gasteiger partial charge on any atom is -0.483 e. The lowest BCUT2D eigenvalue weighted by Gasteiger charge is -2.30. The zero-order valence-corrected chi connectivity index (χ0v) is 20.5. The number of amides is 3.